The molecule has 144 valence electrons. The van der Waals surface area contributed by atoms with Gasteiger partial charge >= 0.3 is 0 Å². The summed E-state index contributed by atoms with van der Waals surface area (Å²) in [7, 11) is 0. The molecule has 2 heterocycles. The Morgan fingerprint density at radius 3 is 2.68 bits per heavy atom. The quantitative estimate of drug-likeness (QED) is 0.580. The Kier molecular flexibility index (Phi) is 5.62. The van der Waals surface area contributed by atoms with Gasteiger partial charge in [0, 0.05) is 41.2 Å². The van der Waals surface area contributed by atoms with Gasteiger partial charge in [-0.15, -0.1) is 0 Å². The van der Waals surface area contributed by atoms with Crippen LogP contribution in [0, 0.1) is 5.82 Å². The minimum Gasteiger partial charge on any atom is -0.353 e. The van der Waals surface area contributed by atoms with Crippen molar-refractivity contribution in [3.63, 3.8) is 0 Å². The van der Waals surface area contributed by atoms with Gasteiger partial charge in [0.1, 0.15) is 5.82 Å². The van der Waals surface area contributed by atoms with Crippen LogP contribution in [0.4, 0.5) is 15.8 Å². The first-order chi connectivity index (χ1) is 13.5. The molecule has 8 heteroatoms. The van der Waals surface area contributed by atoms with Crippen LogP contribution in [0.15, 0.2) is 42.6 Å². The summed E-state index contributed by atoms with van der Waals surface area (Å²) in [5.41, 5.74) is 2.03. The molecule has 4 rings (SSSR count). The summed E-state index contributed by atoms with van der Waals surface area (Å²) in [5, 5.41) is 4.63. The highest BCUT2D eigenvalue weighted by Crippen LogP contribution is 2.34. The van der Waals surface area contributed by atoms with E-state index in [0.29, 0.717) is 51.0 Å². The normalized spacial score (nSPS) is 14.3. The molecule has 0 atom stereocenters. The summed E-state index contributed by atoms with van der Waals surface area (Å²) in [6.07, 6.45) is 1.54. The Balaban J connectivity index is 1.84. The molecule has 28 heavy (non-hydrogen) atoms. The number of benzene rings is 2. The van der Waals surface area contributed by atoms with Crippen LogP contribution in [0.3, 0.4) is 0 Å². The van der Waals surface area contributed by atoms with E-state index in [9.17, 15) is 9.18 Å². The zero-order valence-corrected chi connectivity index (χ0v) is 17.0. The minimum atomic E-state index is -0.404. The largest absolute Gasteiger partial charge is 0.353 e. The van der Waals surface area contributed by atoms with Gasteiger partial charge in [-0.3, -0.25) is 9.78 Å². The van der Waals surface area contributed by atoms with E-state index in [4.69, 9.17) is 23.2 Å². The van der Waals surface area contributed by atoms with Crippen molar-refractivity contribution >= 4 is 63.1 Å². The topological polar surface area (TPSA) is 45.2 Å². The van der Waals surface area contributed by atoms with Crippen LogP contribution >= 0.6 is 35.0 Å². The van der Waals surface area contributed by atoms with Crippen molar-refractivity contribution in [3.8, 4) is 0 Å². The molecule has 1 aliphatic rings. The van der Waals surface area contributed by atoms with Gasteiger partial charge in [-0.05, 0) is 36.4 Å². The molecule has 1 amide bonds. The Hall–Kier alpha value is -2.02. The lowest BCUT2D eigenvalue weighted by Crippen LogP contribution is -2.38. The van der Waals surface area contributed by atoms with Crippen LogP contribution < -0.4 is 5.32 Å². The van der Waals surface area contributed by atoms with Crippen LogP contribution in [0.5, 0.6) is 0 Å². The molecule has 0 saturated carbocycles. The average molecular weight is 436 g/mol. The van der Waals surface area contributed by atoms with E-state index in [-0.39, 0.29) is 5.91 Å². The van der Waals surface area contributed by atoms with Gasteiger partial charge in [-0.1, -0.05) is 23.2 Å². The van der Waals surface area contributed by atoms with Gasteiger partial charge in [0.25, 0.3) is 5.91 Å². The molecule has 1 N–H and O–H groups in total. The lowest BCUT2D eigenvalue weighted by Gasteiger charge is -2.27. The Bertz CT molecular complexity index is 1060. The predicted molar refractivity (Wildman–Crippen MR) is 115 cm³/mol. The maximum absolute atomic E-state index is 14.0. The number of fused-ring (bicyclic) bond motifs is 1. The number of halogens is 3. The third-order valence-electron chi connectivity index (χ3n) is 4.55. The summed E-state index contributed by atoms with van der Waals surface area (Å²) in [5.74, 6) is 1.25. The number of rotatable bonds is 3. The molecule has 1 aliphatic heterocycles. The van der Waals surface area contributed by atoms with Crippen LogP contribution in [0.25, 0.3) is 10.9 Å². The highest BCUT2D eigenvalue weighted by molar-refractivity contribution is 7.99. The number of thioether (sulfide) groups is 1. The van der Waals surface area contributed by atoms with E-state index in [2.05, 4.69) is 10.3 Å². The highest BCUT2D eigenvalue weighted by Gasteiger charge is 2.23. The second kappa shape index (κ2) is 8.15. The zero-order chi connectivity index (χ0) is 19.7. The van der Waals surface area contributed by atoms with E-state index in [1.807, 2.05) is 11.8 Å². The van der Waals surface area contributed by atoms with Gasteiger partial charge in [0.05, 0.1) is 27.5 Å². The molecule has 4 nitrogen and oxygen atoms in total. The second-order valence-electron chi connectivity index (χ2n) is 6.36. The molecule has 1 aromatic heterocycles. The number of carbonyl (C=O) groups excluding carboxylic acids is 1. The molecule has 0 aliphatic carbocycles. The van der Waals surface area contributed by atoms with Gasteiger partial charge in [0.2, 0.25) is 0 Å². The maximum Gasteiger partial charge on any atom is 0.257 e. The van der Waals surface area contributed by atoms with Crippen molar-refractivity contribution in [2.45, 2.75) is 0 Å². The zero-order valence-electron chi connectivity index (χ0n) is 14.7. The molecule has 1 fully saturated rings. The lowest BCUT2D eigenvalue weighted by atomic mass is 10.1. The first kappa shape index (κ1) is 19.3. The monoisotopic (exact) mass is 435 g/mol. The first-order valence-electron chi connectivity index (χ1n) is 8.70. The summed E-state index contributed by atoms with van der Waals surface area (Å²) < 4.78 is 14.0. The Labute approximate surface area is 176 Å². The summed E-state index contributed by atoms with van der Waals surface area (Å²) in [6, 6.07) is 9.34. The van der Waals surface area contributed by atoms with E-state index in [0.717, 1.165) is 11.5 Å². The van der Waals surface area contributed by atoms with E-state index in [1.54, 1.807) is 29.2 Å². The smallest absolute Gasteiger partial charge is 0.257 e. The van der Waals surface area contributed by atoms with Crippen LogP contribution in [-0.2, 0) is 0 Å². The van der Waals surface area contributed by atoms with Crippen molar-refractivity contribution in [1.29, 1.82) is 0 Å². The third kappa shape index (κ3) is 3.90. The van der Waals surface area contributed by atoms with Gasteiger partial charge < -0.3 is 10.2 Å². The number of nitrogens with zero attached hydrogens (tertiary/aromatic N) is 2. The number of anilines is 2. The molecule has 0 bridgehead atoms. The van der Waals surface area contributed by atoms with Crippen LogP contribution in [0.1, 0.15) is 10.4 Å². The van der Waals surface area contributed by atoms with Crippen molar-refractivity contribution < 1.29 is 9.18 Å². The maximum atomic E-state index is 14.0. The average Bonchev–Trinajstić information content (AvgIpc) is 2.70. The second-order valence-corrected chi connectivity index (χ2v) is 8.43. The molecule has 3 aromatic rings. The standard InChI is InChI=1S/C20H16Cl2FN3OS/c21-12-1-3-18(16(22)9-12)25-19-14-10-13(23)2-4-17(14)24-11-15(19)20(27)26-5-7-28-8-6-26/h1-4,9-11H,5-8H2,(H,24,25). The molecule has 0 spiro atoms. The number of pyridine rings is 1. The van der Waals surface area contributed by atoms with E-state index in [1.165, 1.54) is 18.3 Å². The molecule has 2 aromatic carbocycles. The van der Waals surface area contributed by atoms with Gasteiger partial charge in [0.15, 0.2) is 0 Å². The SMILES string of the molecule is O=C(c1cnc2ccc(F)cc2c1Nc1ccc(Cl)cc1Cl)N1CCSCC1. The number of hydrogen-bond donors (Lipinski definition) is 1. The summed E-state index contributed by atoms with van der Waals surface area (Å²) in [4.78, 5) is 19.3. The molecule has 0 radical (unpaired) electrons. The summed E-state index contributed by atoms with van der Waals surface area (Å²) >= 11 is 14.1. The van der Waals surface area contributed by atoms with E-state index < -0.39 is 5.82 Å². The van der Waals surface area contributed by atoms with Crippen LogP contribution in [-0.4, -0.2) is 40.4 Å². The highest BCUT2D eigenvalue weighted by atomic mass is 35.5. The molecular formula is C20H16Cl2FN3OS. The van der Waals surface area contributed by atoms with E-state index >= 15 is 0 Å². The molecule has 1 saturated heterocycles. The Morgan fingerprint density at radius 2 is 1.93 bits per heavy atom. The van der Waals surface area contributed by atoms with Crippen molar-refractivity contribution in [2.75, 3.05) is 29.9 Å². The van der Waals surface area contributed by atoms with Gasteiger partial charge in [-0.2, -0.15) is 11.8 Å². The van der Waals surface area contributed by atoms with Crippen molar-refractivity contribution in [2.24, 2.45) is 0 Å². The first-order valence-corrected chi connectivity index (χ1v) is 10.6. The summed E-state index contributed by atoms with van der Waals surface area (Å²) in [6.45, 7) is 1.34. The predicted octanol–water partition coefficient (Wildman–Crippen LogP) is 5.61. The molecular weight excluding hydrogens is 420 g/mol. The fourth-order valence-electron chi connectivity index (χ4n) is 3.12. The lowest BCUT2D eigenvalue weighted by molar-refractivity contribution is 0.0773. The number of nitrogens with one attached hydrogen (secondary N) is 1. The minimum absolute atomic E-state index is 0.133. The fraction of sp³-hybridized carbons (Fsp3) is 0.200. The van der Waals surface area contributed by atoms with Crippen molar-refractivity contribution in [3.05, 3.63) is 64.0 Å². The third-order valence-corrected chi connectivity index (χ3v) is 6.04. The number of aromatic nitrogens is 1. The fourth-order valence-corrected chi connectivity index (χ4v) is 4.48. The van der Waals surface area contributed by atoms with Crippen molar-refractivity contribution in [1.82, 2.24) is 9.88 Å². The Morgan fingerprint density at radius 1 is 1.14 bits per heavy atom. The number of carbonyl (C=O) groups is 1. The van der Waals surface area contributed by atoms with Crippen LogP contribution in [0.2, 0.25) is 10.0 Å². The number of amides is 1. The molecule has 0 unspecified atom stereocenters. The number of hydrogen-bond acceptors (Lipinski definition) is 4. The van der Waals surface area contributed by atoms with Gasteiger partial charge in [-0.25, -0.2) is 4.39 Å².